The number of hydrogen-bond donors (Lipinski definition) is 0. The Kier molecular flexibility index (Phi) is 5.71. The molecule has 28 heavy (non-hydrogen) atoms. The van der Waals surface area contributed by atoms with Gasteiger partial charge in [-0.2, -0.15) is 0 Å². The van der Waals surface area contributed by atoms with E-state index in [0.717, 1.165) is 31.6 Å². The van der Waals surface area contributed by atoms with Gasteiger partial charge in [0, 0.05) is 50.9 Å². The van der Waals surface area contributed by atoms with Crippen LogP contribution in [-0.2, 0) is 4.74 Å². The molecule has 0 unspecified atom stereocenters. The number of rotatable bonds is 4. The van der Waals surface area contributed by atoms with Crippen LogP contribution in [-0.4, -0.2) is 61.3 Å². The number of benzene rings is 1. The fraction of sp³-hybridized carbons (Fsp3) is 0.429. The first-order valence-corrected chi connectivity index (χ1v) is 9.69. The molecule has 0 saturated carbocycles. The van der Waals surface area contributed by atoms with Gasteiger partial charge in [-0.25, -0.2) is 4.39 Å². The van der Waals surface area contributed by atoms with Crippen LogP contribution in [0.3, 0.4) is 0 Å². The van der Waals surface area contributed by atoms with E-state index in [1.54, 1.807) is 23.2 Å². The molecule has 0 bridgehead atoms. The molecule has 0 aliphatic carbocycles. The minimum atomic E-state index is -0.262. The molecule has 2 aliphatic rings. The van der Waals surface area contributed by atoms with Crippen molar-refractivity contribution in [1.29, 1.82) is 0 Å². The van der Waals surface area contributed by atoms with Crippen molar-refractivity contribution in [2.45, 2.75) is 18.9 Å². The Morgan fingerprint density at radius 3 is 2.50 bits per heavy atom. The fourth-order valence-corrected chi connectivity index (χ4v) is 3.60. The summed E-state index contributed by atoms with van der Waals surface area (Å²) < 4.78 is 24.3. The first-order chi connectivity index (χ1) is 13.7. The molecule has 1 amide bonds. The molecule has 1 aromatic heterocycles. The second-order valence-electron chi connectivity index (χ2n) is 7.06. The van der Waals surface area contributed by atoms with Gasteiger partial charge in [0.1, 0.15) is 23.4 Å². The van der Waals surface area contributed by atoms with Gasteiger partial charge in [0.05, 0.1) is 13.2 Å². The van der Waals surface area contributed by atoms with Crippen molar-refractivity contribution < 1.29 is 18.7 Å². The van der Waals surface area contributed by atoms with Crippen molar-refractivity contribution >= 4 is 11.6 Å². The third kappa shape index (κ3) is 4.42. The number of carbonyl (C=O) groups excluding carboxylic acids is 1. The van der Waals surface area contributed by atoms with E-state index in [0.29, 0.717) is 37.7 Å². The summed E-state index contributed by atoms with van der Waals surface area (Å²) in [6.07, 6.45) is 3.54. The van der Waals surface area contributed by atoms with Crippen LogP contribution < -0.4 is 9.64 Å². The number of morpholine rings is 1. The Morgan fingerprint density at radius 1 is 1.07 bits per heavy atom. The maximum absolute atomic E-state index is 13.0. The smallest absolute Gasteiger partial charge is 0.272 e. The molecule has 0 spiro atoms. The highest BCUT2D eigenvalue weighted by molar-refractivity contribution is 5.93. The van der Waals surface area contributed by atoms with Crippen molar-refractivity contribution in [2.24, 2.45) is 0 Å². The molecular formula is C21H24FN3O3. The molecular weight excluding hydrogens is 361 g/mol. The molecule has 0 atom stereocenters. The maximum Gasteiger partial charge on any atom is 0.272 e. The van der Waals surface area contributed by atoms with Gasteiger partial charge in [-0.15, -0.1) is 0 Å². The average Bonchev–Trinajstić information content (AvgIpc) is 2.76. The molecule has 4 rings (SSSR count). The quantitative estimate of drug-likeness (QED) is 0.810. The Balaban J connectivity index is 1.35. The average molecular weight is 385 g/mol. The molecule has 2 aromatic rings. The number of hydrogen-bond acceptors (Lipinski definition) is 5. The highest BCUT2D eigenvalue weighted by Crippen LogP contribution is 2.24. The number of anilines is 1. The van der Waals surface area contributed by atoms with Gasteiger partial charge in [0.25, 0.3) is 5.91 Å². The number of aromatic nitrogens is 1. The lowest BCUT2D eigenvalue weighted by Crippen LogP contribution is -2.41. The van der Waals surface area contributed by atoms with Gasteiger partial charge < -0.3 is 19.3 Å². The zero-order valence-electron chi connectivity index (χ0n) is 15.7. The maximum atomic E-state index is 13.0. The highest BCUT2D eigenvalue weighted by atomic mass is 19.1. The summed E-state index contributed by atoms with van der Waals surface area (Å²) in [5.74, 6) is 0.393. The minimum Gasteiger partial charge on any atom is -0.490 e. The van der Waals surface area contributed by atoms with E-state index in [1.165, 1.54) is 12.1 Å². The van der Waals surface area contributed by atoms with Crippen LogP contribution in [0.25, 0.3) is 0 Å². The van der Waals surface area contributed by atoms with E-state index in [2.05, 4.69) is 9.88 Å². The molecule has 7 heteroatoms. The molecule has 0 radical (unpaired) electrons. The van der Waals surface area contributed by atoms with Crippen LogP contribution in [0, 0.1) is 5.82 Å². The normalized spacial score (nSPS) is 18.2. The van der Waals surface area contributed by atoms with Crippen LogP contribution in [0.4, 0.5) is 10.1 Å². The minimum absolute atomic E-state index is 0.0420. The zero-order valence-corrected chi connectivity index (χ0v) is 15.7. The van der Waals surface area contributed by atoms with Crippen LogP contribution in [0.2, 0.25) is 0 Å². The number of nitrogens with zero attached hydrogens (tertiary/aromatic N) is 3. The lowest BCUT2D eigenvalue weighted by molar-refractivity contribution is 0.0299. The van der Waals surface area contributed by atoms with Crippen molar-refractivity contribution in [3.8, 4) is 5.75 Å². The summed E-state index contributed by atoms with van der Waals surface area (Å²) in [5.41, 5.74) is 1.48. The largest absolute Gasteiger partial charge is 0.490 e. The second kappa shape index (κ2) is 8.56. The molecule has 6 nitrogen and oxygen atoms in total. The SMILES string of the molecule is O=C(c1cc(N2CCC(Oc3ccc(F)cc3)CC2)ccn1)N1CCOCC1. The summed E-state index contributed by atoms with van der Waals surface area (Å²) in [5, 5.41) is 0. The van der Waals surface area contributed by atoms with Crippen LogP contribution in [0.1, 0.15) is 23.3 Å². The number of carbonyl (C=O) groups is 1. The topological polar surface area (TPSA) is 54.9 Å². The summed E-state index contributed by atoms with van der Waals surface area (Å²) in [4.78, 5) is 21.0. The summed E-state index contributed by atoms with van der Waals surface area (Å²) in [6, 6.07) is 9.96. The van der Waals surface area contributed by atoms with Gasteiger partial charge in [-0.05, 0) is 36.4 Å². The predicted octanol–water partition coefficient (Wildman–Crippen LogP) is 2.74. The third-order valence-corrected chi connectivity index (χ3v) is 5.18. The summed E-state index contributed by atoms with van der Waals surface area (Å²) >= 11 is 0. The standard InChI is InChI=1S/C21H24FN3O3/c22-16-1-3-18(4-2-16)28-19-6-9-24(10-7-19)17-5-8-23-20(15-17)21(26)25-11-13-27-14-12-25/h1-5,8,15,19H,6-7,9-14H2. The third-order valence-electron chi connectivity index (χ3n) is 5.18. The number of pyridine rings is 1. The molecule has 148 valence electrons. The predicted molar refractivity (Wildman–Crippen MR) is 103 cm³/mol. The van der Waals surface area contributed by atoms with E-state index < -0.39 is 0 Å². The Labute approximate surface area is 163 Å². The number of amides is 1. The van der Waals surface area contributed by atoms with Crippen molar-refractivity contribution in [1.82, 2.24) is 9.88 Å². The molecule has 3 heterocycles. The summed E-state index contributed by atoms with van der Waals surface area (Å²) in [6.45, 7) is 4.04. The van der Waals surface area contributed by atoms with Crippen molar-refractivity contribution in [3.05, 3.63) is 54.1 Å². The van der Waals surface area contributed by atoms with Gasteiger partial charge in [-0.1, -0.05) is 0 Å². The van der Waals surface area contributed by atoms with E-state index in [9.17, 15) is 9.18 Å². The monoisotopic (exact) mass is 385 g/mol. The van der Waals surface area contributed by atoms with Crippen LogP contribution in [0.5, 0.6) is 5.75 Å². The van der Waals surface area contributed by atoms with Crippen molar-refractivity contribution in [3.63, 3.8) is 0 Å². The van der Waals surface area contributed by atoms with E-state index in [4.69, 9.17) is 9.47 Å². The number of halogens is 1. The lowest BCUT2D eigenvalue weighted by Gasteiger charge is -2.34. The van der Waals surface area contributed by atoms with Gasteiger partial charge in [0.15, 0.2) is 0 Å². The van der Waals surface area contributed by atoms with Gasteiger partial charge in [0.2, 0.25) is 0 Å². The molecule has 2 fully saturated rings. The first kappa shape index (κ1) is 18.7. The lowest BCUT2D eigenvalue weighted by atomic mass is 10.1. The number of ether oxygens (including phenoxy) is 2. The molecule has 2 saturated heterocycles. The highest BCUT2D eigenvalue weighted by Gasteiger charge is 2.23. The van der Waals surface area contributed by atoms with Crippen molar-refractivity contribution in [2.75, 3.05) is 44.3 Å². The first-order valence-electron chi connectivity index (χ1n) is 9.69. The Bertz CT molecular complexity index is 801. The van der Waals surface area contributed by atoms with E-state index in [1.807, 2.05) is 12.1 Å². The Hall–Kier alpha value is -2.67. The molecule has 2 aliphatic heterocycles. The van der Waals surface area contributed by atoms with E-state index >= 15 is 0 Å². The number of piperidine rings is 1. The fourth-order valence-electron chi connectivity index (χ4n) is 3.60. The van der Waals surface area contributed by atoms with Gasteiger partial charge >= 0.3 is 0 Å². The van der Waals surface area contributed by atoms with Gasteiger partial charge in [-0.3, -0.25) is 9.78 Å². The zero-order chi connectivity index (χ0) is 19.3. The van der Waals surface area contributed by atoms with Crippen LogP contribution >= 0.6 is 0 Å². The van der Waals surface area contributed by atoms with Crippen LogP contribution in [0.15, 0.2) is 42.6 Å². The second-order valence-corrected chi connectivity index (χ2v) is 7.06. The Morgan fingerprint density at radius 2 is 1.79 bits per heavy atom. The summed E-state index contributed by atoms with van der Waals surface area (Å²) in [7, 11) is 0. The molecule has 1 aromatic carbocycles. The van der Waals surface area contributed by atoms with E-state index in [-0.39, 0.29) is 17.8 Å². The molecule has 0 N–H and O–H groups in total.